The Morgan fingerprint density at radius 3 is 2.68 bits per heavy atom. The van der Waals surface area contributed by atoms with Crippen LogP contribution in [0.15, 0.2) is 23.3 Å². The number of amides is 1. The first kappa shape index (κ1) is 16.5. The maximum Gasteiger partial charge on any atom is 0.246 e. The lowest BCUT2D eigenvalue weighted by molar-refractivity contribution is -0.137. The molecule has 1 amide bonds. The minimum Gasteiger partial charge on any atom is -0.320 e. The fourth-order valence-electron chi connectivity index (χ4n) is 2.68. The van der Waals surface area contributed by atoms with E-state index in [1.165, 1.54) is 17.1 Å². The Bertz CT molecular complexity index is 542. The first-order chi connectivity index (χ1) is 10.6. The molecule has 22 heavy (non-hydrogen) atoms. The number of nitrogens with one attached hydrogen (secondary N) is 1. The van der Waals surface area contributed by atoms with Crippen LogP contribution in [-0.2, 0) is 4.79 Å². The molecule has 1 aromatic carbocycles. The maximum absolute atomic E-state index is 13.4. The fourth-order valence-corrected chi connectivity index (χ4v) is 2.68. The van der Waals surface area contributed by atoms with E-state index in [4.69, 9.17) is 0 Å². The quantitative estimate of drug-likeness (QED) is 0.878. The number of rotatable bonds is 6. The summed E-state index contributed by atoms with van der Waals surface area (Å²) in [7, 11) is 1.84. The first-order valence-electron chi connectivity index (χ1n) is 7.53. The number of hydrazone groups is 1. The third-order valence-electron chi connectivity index (χ3n) is 3.91. The van der Waals surface area contributed by atoms with Gasteiger partial charge in [-0.2, -0.15) is 5.10 Å². The highest BCUT2D eigenvalue weighted by Crippen LogP contribution is 2.31. The van der Waals surface area contributed by atoms with Gasteiger partial charge >= 0.3 is 0 Å². The molecule has 1 heterocycles. The van der Waals surface area contributed by atoms with Crippen LogP contribution in [0.1, 0.15) is 37.8 Å². The van der Waals surface area contributed by atoms with Gasteiger partial charge in [-0.3, -0.25) is 4.79 Å². The lowest BCUT2D eigenvalue weighted by Gasteiger charge is -2.26. The molecule has 0 saturated heterocycles. The molecule has 0 aromatic heterocycles. The molecule has 2 unspecified atom stereocenters. The van der Waals surface area contributed by atoms with Crippen LogP contribution in [0.5, 0.6) is 0 Å². The van der Waals surface area contributed by atoms with Gasteiger partial charge in [0.2, 0.25) is 5.91 Å². The Morgan fingerprint density at radius 1 is 1.41 bits per heavy atom. The van der Waals surface area contributed by atoms with Crippen LogP contribution in [0.3, 0.4) is 0 Å². The predicted molar refractivity (Wildman–Crippen MR) is 81.4 cm³/mol. The third-order valence-corrected chi connectivity index (χ3v) is 3.91. The fraction of sp³-hybridized carbons (Fsp3) is 0.500. The van der Waals surface area contributed by atoms with Crippen molar-refractivity contribution < 1.29 is 13.6 Å². The van der Waals surface area contributed by atoms with Crippen LogP contribution in [0.2, 0.25) is 0 Å². The molecule has 0 spiro atoms. The second kappa shape index (κ2) is 7.45. The van der Waals surface area contributed by atoms with Crippen molar-refractivity contribution in [3.63, 3.8) is 0 Å². The highest BCUT2D eigenvalue weighted by molar-refractivity contribution is 5.81. The number of hydrogen-bond acceptors (Lipinski definition) is 3. The van der Waals surface area contributed by atoms with E-state index in [0.717, 1.165) is 12.6 Å². The van der Waals surface area contributed by atoms with Gasteiger partial charge in [0.1, 0.15) is 11.6 Å². The molecule has 1 aliphatic rings. The average Bonchev–Trinajstić information content (AvgIpc) is 2.96. The van der Waals surface area contributed by atoms with Crippen molar-refractivity contribution in [2.24, 2.45) is 11.0 Å². The molecule has 4 nitrogen and oxygen atoms in total. The number of hydrogen-bond donors (Lipinski definition) is 1. The number of benzene rings is 1. The largest absolute Gasteiger partial charge is 0.320 e. The van der Waals surface area contributed by atoms with Crippen molar-refractivity contribution in [2.75, 3.05) is 13.6 Å². The molecule has 120 valence electrons. The Balaban J connectivity index is 2.18. The summed E-state index contributed by atoms with van der Waals surface area (Å²) in [6.45, 7) is 2.69. The summed E-state index contributed by atoms with van der Waals surface area (Å²) in [5, 5.41) is 8.52. The Hall–Kier alpha value is -1.82. The summed E-state index contributed by atoms with van der Waals surface area (Å²) in [6.07, 6.45) is 3.51. The topological polar surface area (TPSA) is 44.7 Å². The van der Waals surface area contributed by atoms with Gasteiger partial charge in [-0.1, -0.05) is 6.92 Å². The SMILES string of the molecule is CCC(CCNC)C(=O)N1N=CCC1c1cc(F)cc(F)c1. The summed E-state index contributed by atoms with van der Waals surface area (Å²) in [5.74, 6) is -1.53. The van der Waals surface area contributed by atoms with Gasteiger partial charge in [0.25, 0.3) is 0 Å². The second-order valence-electron chi connectivity index (χ2n) is 5.43. The molecule has 2 atom stereocenters. The molecule has 0 saturated carbocycles. The highest BCUT2D eigenvalue weighted by atomic mass is 19.1. The summed E-state index contributed by atoms with van der Waals surface area (Å²) in [4.78, 5) is 12.6. The van der Waals surface area contributed by atoms with Gasteiger partial charge in [0.15, 0.2) is 0 Å². The van der Waals surface area contributed by atoms with E-state index in [9.17, 15) is 13.6 Å². The number of carbonyl (C=O) groups is 1. The maximum atomic E-state index is 13.4. The zero-order chi connectivity index (χ0) is 16.1. The van der Waals surface area contributed by atoms with Crippen LogP contribution < -0.4 is 5.32 Å². The van der Waals surface area contributed by atoms with Crippen LogP contribution in [0.25, 0.3) is 0 Å². The molecule has 6 heteroatoms. The summed E-state index contributed by atoms with van der Waals surface area (Å²) >= 11 is 0. The summed E-state index contributed by atoms with van der Waals surface area (Å²) in [6, 6.07) is 2.92. The van der Waals surface area contributed by atoms with Crippen molar-refractivity contribution in [1.29, 1.82) is 0 Å². The van der Waals surface area contributed by atoms with Gasteiger partial charge < -0.3 is 5.32 Å². The highest BCUT2D eigenvalue weighted by Gasteiger charge is 2.32. The molecule has 0 fully saturated rings. The zero-order valence-corrected chi connectivity index (χ0v) is 12.9. The number of nitrogens with zero attached hydrogens (tertiary/aromatic N) is 2. The third kappa shape index (κ3) is 3.68. The molecule has 0 radical (unpaired) electrons. The van der Waals surface area contributed by atoms with E-state index in [1.807, 2.05) is 14.0 Å². The van der Waals surface area contributed by atoms with E-state index in [0.29, 0.717) is 24.8 Å². The smallest absolute Gasteiger partial charge is 0.246 e. The Kier molecular flexibility index (Phi) is 5.60. The van der Waals surface area contributed by atoms with Gasteiger partial charge in [-0.25, -0.2) is 13.8 Å². The molecule has 1 aromatic rings. The van der Waals surface area contributed by atoms with Crippen LogP contribution in [-0.4, -0.2) is 30.7 Å². The van der Waals surface area contributed by atoms with E-state index < -0.39 is 17.7 Å². The van der Waals surface area contributed by atoms with Crippen LogP contribution >= 0.6 is 0 Å². The number of halogens is 2. The summed E-state index contributed by atoms with van der Waals surface area (Å²) in [5.41, 5.74) is 0.437. The van der Waals surface area contributed by atoms with Gasteiger partial charge in [0, 0.05) is 24.6 Å². The monoisotopic (exact) mass is 309 g/mol. The minimum absolute atomic E-state index is 0.0961. The molecule has 0 bridgehead atoms. The lowest BCUT2D eigenvalue weighted by Crippen LogP contribution is -2.34. The Labute approximate surface area is 129 Å². The van der Waals surface area contributed by atoms with Crippen LogP contribution in [0, 0.1) is 17.6 Å². The predicted octanol–water partition coefficient (Wildman–Crippen LogP) is 2.86. The van der Waals surface area contributed by atoms with Gasteiger partial charge in [-0.05, 0) is 44.1 Å². The first-order valence-corrected chi connectivity index (χ1v) is 7.53. The van der Waals surface area contributed by atoms with Crippen molar-refractivity contribution in [2.45, 2.75) is 32.2 Å². The average molecular weight is 309 g/mol. The molecule has 0 aliphatic carbocycles. The molecule has 2 rings (SSSR count). The van der Waals surface area contributed by atoms with E-state index >= 15 is 0 Å². The lowest BCUT2D eigenvalue weighted by atomic mass is 9.98. The normalized spacial score (nSPS) is 18.7. The molecular weight excluding hydrogens is 288 g/mol. The van der Waals surface area contributed by atoms with E-state index in [1.54, 1.807) is 6.21 Å². The zero-order valence-electron chi connectivity index (χ0n) is 12.9. The van der Waals surface area contributed by atoms with Crippen LogP contribution in [0.4, 0.5) is 8.78 Å². The van der Waals surface area contributed by atoms with Crippen molar-refractivity contribution in [1.82, 2.24) is 10.3 Å². The van der Waals surface area contributed by atoms with E-state index in [-0.39, 0.29) is 11.8 Å². The van der Waals surface area contributed by atoms with Crippen molar-refractivity contribution >= 4 is 12.1 Å². The Morgan fingerprint density at radius 2 is 2.09 bits per heavy atom. The second-order valence-corrected chi connectivity index (χ2v) is 5.43. The standard InChI is InChI=1S/C16H21F2N3O/c1-3-11(4-6-19-2)16(22)21-15(5-7-20-21)12-8-13(17)10-14(18)9-12/h7-11,15,19H,3-6H2,1-2H3. The number of carbonyl (C=O) groups excluding carboxylic acids is 1. The molecule has 1 aliphatic heterocycles. The van der Waals surface area contributed by atoms with Crippen molar-refractivity contribution in [3.8, 4) is 0 Å². The van der Waals surface area contributed by atoms with Gasteiger partial charge in [-0.15, -0.1) is 0 Å². The minimum atomic E-state index is -0.642. The molecular formula is C16H21F2N3O. The summed E-state index contributed by atoms with van der Waals surface area (Å²) < 4.78 is 26.8. The van der Waals surface area contributed by atoms with Crippen molar-refractivity contribution in [3.05, 3.63) is 35.4 Å². The van der Waals surface area contributed by atoms with E-state index in [2.05, 4.69) is 10.4 Å². The van der Waals surface area contributed by atoms with Gasteiger partial charge in [0.05, 0.1) is 6.04 Å². The molecule has 1 N–H and O–H groups in total.